The van der Waals surface area contributed by atoms with Crippen molar-refractivity contribution in [1.82, 2.24) is 5.32 Å². The number of hydrogen-bond acceptors (Lipinski definition) is 1. The minimum atomic E-state index is -0.532. The third kappa shape index (κ3) is 2.43. The quantitative estimate of drug-likeness (QED) is 0.845. The highest BCUT2D eigenvalue weighted by molar-refractivity contribution is 6.21. The van der Waals surface area contributed by atoms with E-state index in [1.165, 1.54) is 23.8 Å². The first-order valence-corrected chi connectivity index (χ1v) is 6.98. The lowest BCUT2D eigenvalue weighted by molar-refractivity contribution is 0.493. The van der Waals surface area contributed by atoms with Crippen molar-refractivity contribution < 1.29 is 8.78 Å². The summed E-state index contributed by atoms with van der Waals surface area (Å²) in [6.45, 7) is 0.126. The molecule has 1 N–H and O–H groups in total. The number of nitrogens with one attached hydrogen (secondary N) is 1. The van der Waals surface area contributed by atoms with Crippen molar-refractivity contribution in [2.45, 2.75) is 24.4 Å². The average molecular weight is 294 g/mol. The van der Waals surface area contributed by atoms with Crippen LogP contribution in [-0.2, 0) is 13.0 Å². The van der Waals surface area contributed by atoms with Crippen LogP contribution in [0.2, 0.25) is 0 Å². The summed E-state index contributed by atoms with van der Waals surface area (Å²) in [5, 5.41) is 3.08. The number of halogens is 3. The van der Waals surface area contributed by atoms with Gasteiger partial charge in [0.1, 0.15) is 11.6 Å². The van der Waals surface area contributed by atoms with Gasteiger partial charge >= 0.3 is 0 Å². The molecule has 0 radical (unpaired) electrons. The van der Waals surface area contributed by atoms with Crippen molar-refractivity contribution in [1.29, 1.82) is 0 Å². The van der Waals surface area contributed by atoms with Crippen LogP contribution in [0.1, 0.15) is 22.7 Å². The number of fused-ring (bicyclic) bond motifs is 1. The number of alkyl halides is 1. The molecule has 0 aliphatic heterocycles. The molecule has 1 aliphatic rings. The van der Waals surface area contributed by atoms with Crippen LogP contribution in [0.15, 0.2) is 42.5 Å². The Kier molecular flexibility index (Phi) is 3.72. The van der Waals surface area contributed by atoms with Gasteiger partial charge in [-0.3, -0.25) is 0 Å². The third-order valence-corrected chi connectivity index (χ3v) is 4.13. The maximum absolute atomic E-state index is 13.6. The fourth-order valence-corrected chi connectivity index (χ4v) is 3.09. The monoisotopic (exact) mass is 293 g/mol. The highest BCUT2D eigenvalue weighted by atomic mass is 35.5. The van der Waals surface area contributed by atoms with Crippen LogP contribution >= 0.6 is 11.6 Å². The lowest BCUT2D eigenvalue weighted by Gasteiger charge is -2.18. The maximum atomic E-state index is 13.6. The van der Waals surface area contributed by atoms with Crippen LogP contribution in [0.3, 0.4) is 0 Å². The molecular weight excluding hydrogens is 280 g/mol. The molecule has 104 valence electrons. The van der Waals surface area contributed by atoms with E-state index in [2.05, 4.69) is 5.32 Å². The molecule has 2 aromatic rings. The standard InChI is InChI=1S/C16H14ClF2N/c17-13-8-10-4-1-2-5-11(10)16(13)20-9-12-14(18)6-3-7-15(12)19/h1-7,13,16,20H,8-9H2. The Morgan fingerprint density at radius 1 is 1.05 bits per heavy atom. The summed E-state index contributed by atoms with van der Waals surface area (Å²) in [5.74, 6) is -1.06. The van der Waals surface area contributed by atoms with E-state index in [1.807, 2.05) is 24.3 Å². The molecule has 0 bridgehead atoms. The summed E-state index contributed by atoms with van der Waals surface area (Å²) >= 11 is 6.34. The Balaban J connectivity index is 1.79. The first-order valence-electron chi connectivity index (χ1n) is 6.55. The number of rotatable bonds is 3. The lowest BCUT2D eigenvalue weighted by atomic mass is 10.1. The van der Waals surface area contributed by atoms with Crippen molar-refractivity contribution in [3.8, 4) is 0 Å². The van der Waals surface area contributed by atoms with Gasteiger partial charge in [0.2, 0.25) is 0 Å². The Labute approximate surface area is 121 Å². The lowest BCUT2D eigenvalue weighted by Crippen LogP contribution is -2.26. The number of hydrogen-bond donors (Lipinski definition) is 1. The SMILES string of the molecule is Fc1cccc(F)c1CNC1c2ccccc2CC1Cl. The van der Waals surface area contributed by atoms with E-state index < -0.39 is 11.6 Å². The smallest absolute Gasteiger partial charge is 0.130 e. The first kappa shape index (κ1) is 13.5. The van der Waals surface area contributed by atoms with Crippen LogP contribution < -0.4 is 5.32 Å². The van der Waals surface area contributed by atoms with Gasteiger partial charge in [0.25, 0.3) is 0 Å². The molecule has 3 rings (SSSR count). The highest BCUT2D eigenvalue weighted by Crippen LogP contribution is 2.35. The zero-order valence-electron chi connectivity index (χ0n) is 10.7. The van der Waals surface area contributed by atoms with Crippen molar-refractivity contribution in [3.05, 3.63) is 70.8 Å². The van der Waals surface area contributed by atoms with Crippen molar-refractivity contribution >= 4 is 11.6 Å². The molecule has 4 heteroatoms. The predicted octanol–water partition coefficient (Wildman–Crippen LogP) is 3.96. The Morgan fingerprint density at radius 2 is 1.75 bits per heavy atom. The molecule has 20 heavy (non-hydrogen) atoms. The summed E-state index contributed by atoms with van der Waals surface area (Å²) in [4.78, 5) is 0. The fraction of sp³-hybridized carbons (Fsp3) is 0.250. The molecule has 2 unspecified atom stereocenters. The second-order valence-corrected chi connectivity index (χ2v) is 5.54. The molecule has 0 spiro atoms. The molecule has 1 aliphatic carbocycles. The second kappa shape index (κ2) is 5.51. The minimum Gasteiger partial charge on any atom is -0.304 e. The zero-order chi connectivity index (χ0) is 14.1. The summed E-state index contributed by atoms with van der Waals surface area (Å²) in [6, 6.07) is 11.8. The highest BCUT2D eigenvalue weighted by Gasteiger charge is 2.30. The predicted molar refractivity (Wildman–Crippen MR) is 75.7 cm³/mol. The molecule has 0 heterocycles. The Hall–Kier alpha value is -1.45. The van der Waals surface area contributed by atoms with Gasteiger partial charge in [0.15, 0.2) is 0 Å². The topological polar surface area (TPSA) is 12.0 Å². The van der Waals surface area contributed by atoms with E-state index in [9.17, 15) is 8.78 Å². The van der Waals surface area contributed by atoms with Gasteiger partial charge < -0.3 is 5.32 Å². The van der Waals surface area contributed by atoms with Gasteiger partial charge in [0.05, 0.1) is 5.38 Å². The van der Waals surface area contributed by atoms with Gasteiger partial charge in [0, 0.05) is 18.2 Å². The van der Waals surface area contributed by atoms with Gasteiger partial charge in [-0.25, -0.2) is 8.78 Å². The summed E-state index contributed by atoms with van der Waals surface area (Å²) in [5.41, 5.74) is 2.36. The third-order valence-electron chi connectivity index (χ3n) is 3.73. The number of benzene rings is 2. The van der Waals surface area contributed by atoms with Crippen LogP contribution in [0, 0.1) is 11.6 Å². The molecule has 0 aromatic heterocycles. The van der Waals surface area contributed by atoms with E-state index in [-0.39, 0.29) is 23.5 Å². The normalized spacial score (nSPS) is 20.9. The zero-order valence-corrected chi connectivity index (χ0v) is 11.5. The van der Waals surface area contributed by atoms with Crippen molar-refractivity contribution in [2.24, 2.45) is 0 Å². The fourth-order valence-electron chi connectivity index (χ4n) is 2.70. The summed E-state index contributed by atoms with van der Waals surface area (Å²) < 4.78 is 27.2. The van der Waals surface area contributed by atoms with E-state index >= 15 is 0 Å². The molecule has 2 atom stereocenters. The van der Waals surface area contributed by atoms with E-state index in [0.717, 1.165) is 12.0 Å². The van der Waals surface area contributed by atoms with Gasteiger partial charge in [-0.1, -0.05) is 30.3 Å². The van der Waals surface area contributed by atoms with Crippen LogP contribution in [-0.4, -0.2) is 5.38 Å². The Morgan fingerprint density at radius 3 is 2.50 bits per heavy atom. The molecule has 1 nitrogen and oxygen atoms in total. The molecule has 0 saturated heterocycles. The van der Waals surface area contributed by atoms with Crippen LogP contribution in [0.5, 0.6) is 0 Å². The Bertz CT molecular complexity index is 609. The summed E-state index contributed by atoms with van der Waals surface area (Å²) in [6.07, 6.45) is 0.773. The minimum absolute atomic E-state index is 0.0562. The first-order chi connectivity index (χ1) is 9.66. The maximum Gasteiger partial charge on any atom is 0.130 e. The average Bonchev–Trinajstić information content (AvgIpc) is 2.74. The van der Waals surface area contributed by atoms with Gasteiger partial charge in [-0.15, -0.1) is 11.6 Å². The molecule has 2 aromatic carbocycles. The van der Waals surface area contributed by atoms with Gasteiger partial charge in [-0.05, 0) is 29.7 Å². The molecule has 0 saturated carbocycles. The second-order valence-electron chi connectivity index (χ2n) is 4.98. The summed E-state index contributed by atoms with van der Waals surface area (Å²) in [7, 11) is 0. The molecule has 0 amide bonds. The van der Waals surface area contributed by atoms with E-state index in [4.69, 9.17) is 11.6 Å². The van der Waals surface area contributed by atoms with Crippen molar-refractivity contribution in [3.63, 3.8) is 0 Å². The molecular formula is C16H14ClF2N. The van der Waals surface area contributed by atoms with E-state index in [1.54, 1.807) is 0 Å². The largest absolute Gasteiger partial charge is 0.304 e. The van der Waals surface area contributed by atoms with Gasteiger partial charge in [-0.2, -0.15) is 0 Å². The molecule has 0 fully saturated rings. The van der Waals surface area contributed by atoms with Crippen molar-refractivity contribution in [2.75, 3.05) is 0 Å². The van der Waals surface area contributed by atoms with E-state index in [0.29, 0.717) is 0 Å². The van der Waals surface area contributed by atoms with Crippen LogP contribution in [0.4, 0.5) is 8.78 Å². The van der Waals surface area contributed by atoms with Crippen LogP contribution in [0.25, 0.3) is 0 Å².